The second-order valence-corrected chi connectivity index (χ2v) is 7.52. The molecular formula is C22H46N2O. The SMILES string of the molecule is CCCCCCCCCCCCCCCCC(C(N)=O)N(CC)CC. The number of carbonyl (C=O) groups is 1. The van der Waals surface area contributed by atoms with Gasteiger partial charge < -0.3 is 5.73 Å². The van der Waals surface area contributed by atoms with Crippen LogP contribution in [-0.4, -0.2) is 29.9 Å². The maximum absolute atomic E-state index is 11.6. The lowest BCUT2D eigenvalue weighted by molar-refractivity contribution is -0.123. The minimum Gasteiger partial charge on any atom is -0.368 e. The first kappa shape index (κ1) is 24.4. The van der Waals surface area contributed by atoms with E-state index in [-0.39, 0.29) is 11.9 Å². The maximum Gasteiger partial charge on any atom is 0.234 e. The minimum atomic E-state index is -0.154. The fourth-order valence-electron chi connectivity index (χ4n) is 3.70. The van der Waals surface area contributed by atoms with Gasteiger partial charge in [-0.3, -0.25) is 9.69 Å². The van der Waals surface area contributed by atoms with Crippen LogP contribution in [0.5, 0.6) is 0 Å². The molecule has 3 heteroatoms. The van der Waals surface area contributed by atoms with Crippen molar-refractivity contribution in [1.82, 2.24) is 4.90 Å². The van der Waals surface area contributed by atoms with Crippen LogP contribution in [0.15, 0.2) is 0 Å². The number of likely N-dealkylation sites (N-methyl/N-ethyl adjacent to an activating group) is 1. The molecule has 0 saturated heterocycles. The van der Waals surface area contributed by atoms with Gasteiger partial charge in [0.25, 0.3) is 0 Å². The van der Waals surface area contributed by atoms with Gasteiger partial charge in [-0.1, -0.05) is 111 Å². The summed E-state index contributed by atoms with van der Waals surface area (Å²) in [5.74, 6) is -0.154. The molecule has 1 unspecified atom stereocenters. The highest BCUT2D eigenvalue weighted by atomic mass is 16.1. The fourth-order valence-corrected chi connectivity index (χ4v) is 3.70. The lowest BCUT2D eigenvalue weighted by Gasteiger charge is -2.26. The molecule has 1 atom stereocenters. The minimum absolute atomic E-state index is 0.0627. The predicted molar refractivity (Wildman–Crippen MR) is 111 cm³/mol. The summed E-state index contributed by atoms with van der Waals surface area (Å²) in [7, 11) is 0. The quantitative estimate of drug-likeness (QED) is 0.287. The van der Waals surface area contributed by atoms with Crippen molar-refractivity contribution in [2.45, 2.75) is 123 Å². The molecule has 0 aliphatic rings. The van der Waals surface area contributed by atoms with Crippen molar-refractivity contribution in [2.24, 2.45) is 5.73 Å². The fraction of sp³-hybridized carbons (Fsp3) is 0.955. The Balaban J connectivity index is 3.41. The summed E-state index contributed by atoms with van der Waals surface area (Å²) in [5, 5.41) is 0. The summed E-state index contributed by atoms with van der Waals surface area (Å²) in [6.45, 7) is 8.29. The summed E-state index contributed by atoms with van der Waals surface area (Å²) < 4.78 is 0. The first-order chi connectivity index (χ1) is 12.2. The molecule has 0 aliphatic carbocycles. The van der Waals surface area contributed by atoms with E-state index in [2.05, 4.69) is 25.7 Å². The number of rotatable bonds is 19. The molecule has 0 heterocycles. The van der Waals surface area contributed by atoms with Gasteiger partial charge in [0, 0.05) is 0 Å². The summed E-state index contributed by atoms with van der Waals surface area (Å²) in [4.78, 5) is 13.8. The second kappa shape index (κ2) is 18.2. The summed E-state index contributed by atoms with van der Waals surface area (Å²) in [6, 6.07) is -0.0627. The third-order valence-electron chi connectivity index (χ3n) is 5.41. The van der Waals surface area contributed by atoms with Gasteiger partial charge in [-0.25, -0.2) is 0 Å². The Morgan fingerprint density at radius 2 is 1.04 bits per heavy atom. The molecule has 0 bridgehead atoms. The number of amides is 1. The molecule has 0 rings (SSSR count). The van der Waals surface area contributed by atoms with Crippen molar-refractivity contribution < 1.29 is 4.79 Å². The van der Waals surface area contributed by atoms with E-state index in [1.165, 1.54) is 83.5 Å². The molecule has 0 aromatic carbocycles. The third-order valence-corrected chi connectivity index (χ3v) is 5.41. The summed E-state index contributed by atoms with van der Waals surface area (Å²) in [6.07, 6.45) is 20.1. The molecular weight excluding hydrogens is 308 g/mol. The number of nitrogens with two attached hydrogens (primary N) is 1. The first-order valence-electron chi connectivity index (χ1n) is 11.2. The smallest absolute Gasteiger partial charge is 0.234 e. The van der Waals surface area contributed by atoms with Gasteiger partial charge in [0.05, 0.1) is 6.04 Å². The molecule has 2 N–H and O–H groups in total. The van der Waals surface area contributed by atoms with Crippen LogP contribution in [-0.2, 0) is 4.79 Å². The van der Waals surface area contributed by atoms with Gasteiger partial charge in [0.2, 0.25) is 5.91 Å². The molecule has 0 aliphatic heterocycles. The van der Waals surface area contributed by atoms with Crippen LogP contribution in [0.1, 0.15) is 117 Å². The maximum atomic E-state index is 11.6. The van der Waals surface area contributed by atoms with Gasteiger partial charge in [0.15, 0.2) is 0 Å². The predicted octanol–water partition coefficient (Wildman–Crippen LogP) is 6.05. The highest BCUT2D eigenvalue weighted by molar-refractivity contribution is 5.79. The van der Waals surface area contributed by atoms with Gasteiger partial charge in [-0.05, 0) is 19.5 Å². The van der Waals surface area contributed by atoms with Crippen LogP contribution in [0.25, 0.3) is 0 Å². The van der Waals surface area contributed by atoms with Crippen LogP contribution >= 0.6 is 0 Å². The Bertz CT molecular complexity index is 290. The molecule has 0 fully saturated rings. The topological polar surface area (TPSA) is 46.3 Å². The van der Waals surface area contributed by atoms with E-state index in [0.29, 0.717) is 0 Å². The van der Waals surface area contributed by atoms with Crippen LogP contribution < -0.4 is 5.73 Å². The Morgan fingerprint density at radius 3 is 1.36 bits per heavy atom. The van der Waals surface area contributed by atoms with E-state index >= 15 is 0 Å². The molecule has 0 aromatic rings. The van der Waals surface area contributed by atoms with E-state index < -0.39 is 0 Å². The standard InChI is InChI=1S/C22H46N2O/c1-4-7-8-9-10-11-12-13-14-15-16-17-18-19-20-21(22(23)25)24(5-2)6-3/h21H,4-20H2,1-3H3,(H2,23,25). The van der Waals surface area contributed by atoms with Gasteiger partial charge >= 0.3 is 0 Å². The lowest BCUT2D eigenvalue weighted by Crippen LogP contribution is -2.44. The Labute approximate surface area is 158 Å². The zero-order valence-electron chi connectivity index (χ0n) is 17.5. The number of carbonyl (C=O) groups excluding carboxylic acids is 1. The second-order valence-electron chi connectivity index (χ2n) is 7.52. The number of unbranched alkanes of at least 4 members (excludes halogenated alkanes) is 13. The van der Waals surface area contributed by atoms with E-state index in [0.717, 1.165) is 25.9 Å². The van der Waals surface area contributed by atoms with E-state index in [9.17, 15) is 4.79 Å². The average Bonchev–Trinajstić information content (AvgIpc) is 2.61. The van der Waals surface area contributed by atoms with Gasteiger partial charge in [-0.2, -0.15) is 0 Å². The zero-order chi connectivity index (χ0) is 18.8. The molecule has 1 amide bonds. The Kier molecular flexibility index (Phi) is 17.8. The largest absolute Gasteiger partial charge is 0.368 e. The molecule has 3 nitrogen and oxygen atoms in total. The highest BCUT2D eigenvalue weighted by Gasteiger charge is 2.20. The number of primary amides is 1. The van der Waals surface area contributed by atoms with Crippen molar-refractivity contribution in [1.29, 1.82) is 0 Å². The van der Waals surface area contributed by atoms with E-state index in [1.54, 1.807) is 0 Å². The summed E-state index contributed by atoms with van der Waals surface area (Å²) in [5.41, 5.74) is 5.56. The van der Waals surface area contributed by atoms with Crippen LogP contribution in [0.2, 0.25) is 0 Å². The van der Waals surface area contributed by atoms with Crippen LogP contribution in [0.4, 0.5) is 0 Å². The zero-order valence-corrected chi connectivity index (χ0v) is 17.5. The van der Waals surface area contributed by atoms with Crippen molar-refractivity contribution >= 4 is 5.91 Å². The van der Waals surface area contributed by atoms with Crippen molar-refractivity contribution in [3.05, 3.63) is 0 Å². The van der Waals surface area contributed by atoms with Gasteiger partial charge in [-0.15, -0.1) is 0 Å². The van der Waals surface area contributed by atoms with Gasteiger partial charge in [0.1, 0.15) is 0 Å². The van der Waals surface area contributed by atoms with Crippen molar-refractivity contribution in [3.8, 4) is 0 Å². The first-order valence-corrected chi connectivity index (χ1v) is 11.2. The molecule has 0 spiro atoms. The van der Waals surface area contributed by atoms with Crippen LogP contribution in [0.3, 0.4) is 0 Å². The molecule has 0 radical (unpaired) electrons. The number of nitrogens with zero attached hydrogens (tertiary/aromatic N) is 1. The van der Waals surface area contributed by atoms with E-state index in [1.807, 2.05) is 0 Å². The Morgan fingerprint density at radius 1 is 0.680 bits per heavy atom. The highest BCUT2D eigenvalue weighted by Crippen LogP contribution is 2.15. The molecule has 0 saturated carbocycles. The normalized spacial score (nSPS) is 12.6. The van der Waals surface area contributed by atoms with E-state index in [4.69, 9.17) is 5.73 Å². The Hall–Kier alpha value is -0.570. The summed E-state index contributed by atoms with van der Waals surface area (Å²) >= 11 is 0. The van der Waals surface area contributed by atoms with Crippen molar-refractivity contribution in [3.63, 3.8) is 0 Å². The third kappa shape index (κ3) is 14.3. The number of hydrogen-bond donors (Lipinski definition) is 1. The van der Waals surface area contributed by atoms with Crippen LogP contribution in [0, 0.1) is 0 Å². The molecule has 0 aromatic heterocycles. The molecule has 150 valence electrons. The monoisotopic (exact) mass is 354 g/mol. The van der Waals surface area contributed by atoms with Crippen molar-refractivity contribution in [2.75, 3.05) is 13.1 Å². The number of hydrogen-bond acceptors (Lipinski definition) is 2. The average molecular weight is 355 g/mol. The lowest BCUT2D eigenvalue weighted by atomic mass is 10.0. The molecule has 25 heavy (non-hydrogen) atoms.